The summed E-state index contributed by atoms with van der Waals surface area (Å²) in [6.45, 7) is 5.78. The standard InChI is InChI=1S/C16H22N2/c1-13-12-18(16-7-3-2-6-15(13)16)10-8-14-5-4-9-17-11-14/h2-3,6-7,12,14,17H,4-5,8-11H2,1H3. The molecular weight excluding hydrogens is 220 g/mol. The third-order valence-corrected chi connectivity index (χ3v) is 4.16. The van der Waals surface area contributed by atoms with Gasteiger partial charge in [-0.15, -0.1) is 0 Å². The first-order valence-corrected chi connectivity index (χ1v) is 7.10. The summed E-state index contributed by atoms with van der Waals surface area (Å²) in [6, 6.07) is 8.73. The van der Waals surface area contributed by atoms with Crippen molar-refractivity contribution in [1.29, 1.82) is 0 Å². The highest BCUT2D eigenvalue weighted by Crippen LogP contribution is 2.22. The van der Waals surface area contributed by atoms with Gasteiger partial charge in [-0.3, -0.25) is 0 Å². The molecule has 1 aromatic carbocycles. The van der Waals surface area contributed by atoms with E-state index in [4.69, 9.17) is 0 Å². The Bertz CT molecular complexity index is 521. The van der Waals surface area contributed by atoms with E-state index >= 15 is 0 Å². The third-order valence-electron chi connectivity index (χ3n) is 4.16. The van der Waals surface area contributed by atoms with Gasteiger partial charge in [-0.25, -0.2) is 0 Å². The molecule has 2 heterocycles. The van der Waals surface area contributed by atoms with E-state index in [2.05, 4.69) is 47.3 Å². The monoisotopic (exact) mass is 242 g/mol. The molecule has 2 heteroatoms. The molecule has 0 bridgehead atoms. The second-order valence-corrected chi connectivity index (χ2v) is 5.52. The lowest BCUT2D eigenvalue weighted by Gasteiger charge is -2.22. The van der Waals surface area contributed by atoms with E-state index in [1.54, 1.807) is 0 Å². The molecule has 1 atom stereocenters. The number of nitrogens with one attached hydrogen (secondary N) is 1. The molecule has 1 fully saturated rings. The summed E-state index contributed by atoms with van der Waals surface area (Å²) in [7, 11) is 0. The van der Waals surface area contributed by atoms with Gasteiger partial charge in [0.2, 0.25) is 0 Å². The maximum absolute atomic E-state index is 3.50. The number of nitrogens with zero attached hydrogens (tertiary/aromatic N) is 1. The van der Waals surface area contributed by atoms with E-state index in [9.17, 15) is 0 Å². The van der Waals surface area contributed by atoms with E-state index < -0.39 is 0 Å². The van der Waals surface area contributed by atoms with E-state index in [1.807, 2.05) is 0 Å². The molecule has 0 aliphatic carbocycles. The Morgan fingerprint density at radius 1 is 1.33 bits per heavy atom. The molecule has 18 heavy (non-hydrogen) atoms. The van der Waals surface area contributed by atoms with Crippen molar-refractivity contribution >= 4 is 10.9 Å². The van der Waals surface area contributed by atoms with Crippen LogP contribution in [-0.4, -0.2) is 17.7 Å². The van der Waals surface area contributed by atoms with Crippen molar-refractivity contribution in [3.8, 4) is 0 Å². The van der Waals surface area contributed by atoms with Gasteiger partial charge >= 0.3 is 0 Å². The van der Waals surface area contributed by atoms with Crippen LogP contribution in [0.4, 0.5) is 0 Å². The molecule has 3 rings (SSSR count). The smallest absolute Gasteiger partial charge is 0.0483 e. The van der Waals surface area contributed by atoms with Gasteiger partial charge in [0.15, 0.2) is 0 Å². The summed E-state index contributed by atoms with van der Waals surface area (Å²) >= 11 is 0. The highest BCUT2D eigenvalue weighted by molar-refractivity contribution is 5.83. The van der Waals surface area contributed by atoms with Crippen LogP contribution in [0.15, 0.2) is 30.5 Å². The van der Waals surface area contributed by atoms with Crippen molar-refractivity contribution in [2.75, 3.05) is 13.1 Å². The summed E-state index contributed by atoms with van der Waals surface area (Å²) in [5, 5.41) is 4.91. The zero-order chi connectivity index (χ0) is 12.4. The molecule has 1 aromatic heterocycles. The minimum absolute atomic E-state index is 0.861. The fraction of sp³-hybridized carbons (Fsp3) is 0.500. The summed E-state index contributed by atoms with van der Waals surface area (Å²) in [6.07, 6.45) is 6.34. The zero-order valence-corrected chi connectivity index (χ0v) is 11.2. The van der Waals surface area contributed by atoms with Crippen LogP contribution in [0.5, 0.6) is 0 Å². The Morgan fingerprint density at radius 3 is 3.06 bits per heavy atom. The number of aryl methyl sites for hydroxylation is 2. The Balaban J connectivity index is 1.74. The predicted octanol–water partition coefficient (Wildman–Crippen LogP) is 3.34. The first-order valence-electron chi connectivity index (χ1n) is 7.10. The fourth-order valence-corrected chi connectivity index (χ4v) is 3.11. The maximum Gasteiger partial charge on any atom is 0.0483 e. The minimum Gasteiger partial charge on any atom is -0.347 e. The van der Waals surface area contributed by atoms with Gasteiger partial charge in [0.1, 0.15) is 0 Å². The van der Waals surface area contributed by atoms with Crippen molar-refractivity contribution in [2.45, 2.75) is 32.7 Å². The van der Waals surface area contributed by atoms with Crippen LogP contribution in [-0.2, 0) is 6.54 Å². The van der Waals surface area contributed by atoms with Gasteiger partial charge in [-0.1, -0.05) is 18.2 Å². The number of fused-ring (bicyclic) bond motifs is 1. The zero-order valence-electron chi connectivity index (χ0n) is 11.2. The van der Waals surface area contributed by atoms with Crippen molar-refractivity contribution in [2.24, 2.45) is 5.92 Å². The number of hydrogen-bond donors (Lipinski definition) is 1. The van der Waals surface area contributed by atoms with Crippen molar-refractivity contribution in [1.82, 2.24) is 9.88 Å². The van der Waals surface area contributed by atoms with E-state index in [0.29, 0.717) is 0 Å². The minimum atomic E-state index is 0.861. The molecule has 0 spiro atoms. The van der Waals surface area contributed by atoms with Gasteiger partial charge in [-0.2, -0.15) is 0 Å². The predicted molar refractivity (Wildman–Crippen MR) is 76.9 cm³/mol. The van der Waals surface area contributed by atoms with Crippen molar-refractivity contribution < 1.29 is 0 Å². The van der Waals surface area contributed by atoms with E-state index in [0.717, 1.165) is 12.5 Å². The first kappa shape index (κ1) is 11.8. The van der Waals surface area contributed by atoms with Crippen LogP contribution in [0.25, 0.3) is 10.9 Å². The van der Waals surface area contributed by atoms with Crippen LogP contribution in [0.2, 0.25) is 0 Å². The molecule has 2 aromatic rings. The normalized spacial score (nSPS) is 20.4. The highest BCUT2D eigenvalue weighted by Gasteiger charge is 2.13. The molecule has 2 nitrogen and oxygen atoms in total. The number of rotatable bonds is 3. The molecule has 1 aliphatic rings. The quantitative estimate of drug-likeness (QED) is 0.873. The molecule has 0 radical (unpaired) electrons. The van der Waals surface area contributed by atoms with Gasteiger partial charge in [-0.05, 0) is 56.8 Å². The number of benzene rings is 1. The van der Waals surface area contributed by atoms with E-state index in [-0.39, 0.29) is 0 Å². The average Bonchev–Trinajstić information content (AvgIpc) is 2.75. The Hall–Kier alpha value is -1.28. The molecule has 1 saturated heterocycles. The Morgan fingerprint density at radius 2 is 2.22 bits per heavy atom. The number of aromatic nitrogens is 1. The fourth-order valence-electron chi connectivity index (χ4n) is 3.11. The largest absolute Gasteiger partial charge is 0.347 e. The molecular formula is C16H22N2. The van der Waals surface area contributed by atoms with Crippen LogP contribution in [0.3, 0.4) is 0 Å². The topological polar surface area (TPSA) is 17.0 Å². The number of piperidine rings is 1. The average molecular weight is 242 g/mol. The summed E-state index contributed by atoms with van der Waals surface area (Å²) in [5.41, 5.74) is 2.78. The Labute approximate surface area is 109 Å². The second-order valence-electron chi connectivity index (χ2n) is 5.52. The van der Waals surface area contributed by atoms with Gasteiger partial charge in [0.05, 0.1) is 0 Å². The first-order chi connectivity index (χ1) is 8.84. The molecule has 96 valence electrons. The Kier molecular flexibility index (Phi) is 3.37. The van der Waals surface area contributed by atoms with Crippen LogP contribution < -0.4 is 5.32 Å². The summed E-state index contributed by atoms with van der Waals surface area (Å²) < 4.78 is 2.43. The molecule has 1 N–H and O–H groups in total. The third kappa shape index (κ3) is 2.30. The summed E-state index contributed by atoms with van der Waals surface area (Å²) in [5.74, 6) is 0.861. The van der Waals surface area contributed by atoms with Gasteiger partial charge < -0.3 is 9.88 Å². The number of hydrogen-bond acceptors (Lipinski definition) is 1. The van der Waals surface area contributed by atoms with Crippen molar-refractivity contribution in [3.63, 3.8) is 0 Å². The molecule has 0 amide bonds. The maximum atomic E-state index is 3.50. The van der Waals surface area contributed by atoms with Crippen LogP contribution in [0, 0.1) is 12.8 Å². The lowest BCUT2D eigenvalue weighted by atomic mass is 9.96. The van der Waals surface area contributed by atoms with Gasteiger partial charge in [0, 0.05) is 23.6 Å². The molecule has 0 saturated carbocycles. The van der Waals surface area contributed by atoms with Crippen molar-refractivity contribution in [3.05, 3.63) is 36.0 Å². The second kappa shape index (κ2) is 5.15. The van der Waals surface area contributed by atoms with Gasteiger partial charge in [0.25, 0.3) is 0 Å². The highest BCUT2D eigenvalue weighted by atomic mass is 15.0. The molecule has 1 unspecified atom stereocenters. The van der Waals surface area contributed by atoms with Crippen LogP contribution in [0.1, 0.15) is 24.8 Å². The lowest BCUT2D eigenvalue weighted by Crippen LogP contribution is -2.30. The number of para-hydroxylation sites is 1. The molecule has 1 aliphatic heterocycles. The summed E-state index contributed by atoms with van der Waals surface area (Å²) in [4.78, 5) is 0. The lowest BCUT2D eigenvalue weighted by molar-refractivity contribution is 0.343. The van der Waals surface area contributed by atoms with Crippen LogP contribution >= 0.6 is 0 Å². The SMILES string of the molecule is Cc1cn(CCC2CCCNC2)c2ccccc12. The van der Waals surface area contributed by atoms with E-state index in [1.165, 1.54) is 48.8 Å².